The van der Waals surface area contributed by atoms with Crippen LogP contribution < -0.4 is 0 Å². The van der Waals surface area contributed by atoms with E-state index in [0.717, 1.165) is 17.7 Å². The fourth-order valence-electron chi connectivity index (χ4n) is 3.29. The molecule has 1 aromatic carbocycles. The number of nitrogens with zero attached hydrogens (tertiary/aromatic N) is 3. The van der Waals surface area contributed by atoms with Crippen LogP contribution in [-0.4, -0.2) is 70.5 Å². The standard InChI is InChI=1S/C17H17N3O4/c21-14(18-7-8-19(11-5-6-11)15(22)9-18)10-20-16(23)12-3-1-2-4-13(12)17(20)24/h1-4,11H,5-10H2. The summed E-state index contributed by atoms with van der Waals surface area (Å²) in [5.74, 6) is -1.33. The van der Waals surface area contributed by atoms with Gasteiger partial charge in [-0.1, -0.05) is 12.1 Å². The molecule has 1 saturated heterocycles. The van der Waals surface area contributed by atoms with Crippen molar-refractivity contribution in [2.24, 2.45) is 0 Å². The predicted octanol–water partition coefficient (Wildman–Crippen LogP) is 0.116. The molecule has 0 unspecified atom stereocenters. The van der Waals surface area contributed by atoms with Crippen molar-refractivity contribution in [2.75, 3.05) is 26.2 Å². The van der Waals surface area contributed by atoms with Gasteiger partial charge in [-0.2, -0.15) is 0 Å². The first-order valence-corrected chi connectivity index (χ1v) is 8.08. The van der Waals surface area contributed by atoms with Gasteiger partial charge >= 0.3 is 0 Å². The van der Waals surface area contributed by atoms with Crippen molar-refractivity contribution in [2.45, 2.75) is 18.9 Å². The molecule has 3 aliphatic rings. The molecule has 1 saturated carbocycles. The lowest BCUT2D eigenvalue weighted by atomic mass is 10.1. The molecule has 7 heteroatoms. The highest BCUT2D eigenvalue weighted by atomic mass is 16.2. The molecule has 0 bridgehead atoms. The van der Waals surface area contributed by atoms with Crippen molar-refractivity contribution in [3.8, 4) is 0 Å². The van der Waals surface area contributed by atoms with Gasteiger partial charge in [0, 0.05) is 19.1 Å². The lowest BCUT2D eigenvalue weighted by Crippen LogP contribution is -2.55. The van der Waals surface area contributed by atoms with Crippen LogP contribution >= 0.6 is 0 Å². The zero-order valence-corrected chi connectivity index (χ0v) is 13.1. The highest BCUT2D eigenvalue weighted by Gasteiger charge is 2.40. The molecule has 24 heavy (non-hydrogen) atoms. The van der Waals surface area contributed by atoms with Crippen LogP contribution in [0.25, 0.3) is 0 Å². The zero-order valence-electron chi connectivity index (χ0n) is 13.1. The molecule has 0 spiro atoms. The molecular formula is C17H17N3O4. The summed E-state index contributed by atoms with van der Waals surface area (Å²) in [7, 11) is 0. The van der Waals surface area contributed by atoms with Gasteiger partial charge in [0.05, 0.1) is 17.7 Å². The molecule has 4 rings (SSSR count). The molecule has 0 aromatic heterocycles. The fraction of sp³-hybridized carbons (Fsp3) is 0.412. The molecule has 2 aliphatic heterocycles. The monoisotopic (exact) mass is 327 g/mol. The second kappa shape index (κ2) is 5.43. The van der Waals surface area contributed by atoms with Crippen molar-refractivity contribution in [1.82, 2.24) is 14.7 Å². The van der Waals surface area contributed by atoms with Crippen LogP contribution in [0.15, 0.2) is 24.3 Å². The first-order chi connectivity index (χ1) is 11.6. The van der Waals surface area contributed by atoms with E-state index in [-0.39, 0.29) is 24.9 Å². The van der Waals surface area contributed by atoms with Crippen LogP contribution in [0.2, 0.25) is 0 Å². The van der Waals surface area contributed by atoms with Crippen molar-refractivity contribution in [1.29, 1.82) is 0 Å². The first-order valence-electron chi connectivity index (χ1n) is 8.08. The Labute approximate surface area is 138 Å². The summed E-state index contributed by atoms with van der Waals surface area (Å²) < 4.78 is 0. The number of benzene rings is 1. The number of hydrogen-bond donors (Lipinski definition) is 0. The van der Waals surface area contributed by atoms with Gasteiger partial charge in [-0.25, -0.2) is 0 Å². The maximum absolute atomic E-state index is 12.4. The smallest absolute Gasteiger partial charge is 0.262 e. The van der Waals surface area contributed by atoms with Crippen LogP contribution in [0.4, 0.5) is 0 Å². The third-order valence-corrected chi connectivity index (χ3v) is 4.77. The second-order valence-corrected chi connectivity index (χ2v) is 6.38. The van der Waals surface area contributed by atoms with Crippen molar-refractivity contribution < 1.29 is 19.2 Å². The summed E-state index contributed by atoms with van der Waals surface area (Å²) in [4.78, 5) is 53.4. The Bertz CT molecular complexity index is 721. The Kier molecular flexibility index (Phi) is 3.37. The summed E-state index contributed by atoms with van der Waals surface area (Å²) in [6, 6.07) is 6.87. The number of carbonyl (C=O) groups is 4. The van der Waals surface area contributed by atoms with E-state index >= 15 is 0 Å². The van der Waals surface area contributed by atoms with Crippen LogP contribution in [0.1, 0.15) is 33.6 Å². The number of carbonyl (C=O) groups excluding carboxylic acids is 4. The van der Waals surface area contributed by atoms with E-state index in [1.54, 1.807) is 24.3 Å². The molecule has 0 radical (unpaired) electrons. The summed E-state index contributed by atoms with van der Waals surface area (Å²) in [5.41, 5.74) is 0.648. The topological polar surface area (TPSA) is 78.0 Å². The van der Waals surface area contributed by atoms with Gasteiger partial charge in [0.25, 0.3) is 11.8 Å². The molecular weight excluding hydrogens is 310 g/mol. The van der Waals surface area contributed by atoms with Crippen molar-refractivity contribution in [3.05, 3.63) is 35.4 Å². The largest absolute Gasteiger partial charge is 0.336 e. The predicted molar refractivity (Wildman–Crippen MR) is 83.1 cm³/mol. The van der Waals surface area contributed by atoms with Crippen molar-refractivity contribution >= 4 is 23.6 Å². The number of rotatable bonds is 3. The van der Waals surface area contributed by atoms with Gasteiger partial charge in [-0.15, -0.1) is 0 Å². The quantitative estimate of drug-likeness (QED) is 0.739. The van der Waals surface area contributed by atoms with Crippen LogP contribution in [0.5, 0.6) is 0 Å². The normalized spacial score (nSPS) is 20.7. The third kappa shape index (κ3) is 2.36. The number of imide groups is 1. The van der Waals surface area contributed by atoms with Gasteiger partial charge in [-0.05, 0) is 25.0 Å². The molecule has 4 amide bonds. The van der Waals surface area contributed by atoms with E-state index in [1.165, 1.54) is 4.90 Å². The van der Waals surface area contributed by atoms with E-state index in [4.69, 9.17) is 0 Å². The summed E-state index contributed by atoms with van der Waals surface area (Å²) in [6.07, 6.45) is 2.07. The minimum atomic E-state index is -0.452. The lowest BCUT2D eigenvalue weighted by molar-refractivity contribution is -0.145. The minimum absolute atomic E-state index is 0.0263. The maximum atomic E-state index is 12.4. The highest BCUT2D eigenvalue weighted by molar-refractivity contribution is 6.22. The van der Waals surface area contributed by atoms with Gasteiger partial charge in [0.15, 0.2) is 0 Å². The Hall–Kier alpha value is -2.70. The van der Waals surface area contributed by atoms with E-state index < -0.39 is 11.8 Å². The molecule has 124 valence electrons. The second-order valence-electron chi connectivity index (χ2n) is 6.38. The fourth-order valence-corrected chi connectivity index (χ4v) is 3.29. The molecule has 2 fully saturated rings. The molecule has 1 aromatic rings. The van der Waals surface area contributed by atoms with Gasteiger partial charge in [0.1, 0.15) is 6.54 Å². The van der Waals surface area contributed by atoms with E-state index in [1.807, 2.05) is 4.90 Å². The molecule has 1 aliphatic carbocycles. The SMILES string of the molecule is O=C(CN1C(=O)c2ccccc2C1=O)N1CCN(C2CC2)C(=O)C1. The molecule has 0 N–H and O–H groups in total. The van der Waals surface area contributed by atoms with Crippen LogP contribution in [-0.2, 0) is 9.59 Å². The van der Waals surface area contributed by atoms with Crippen LogP contribution in [0, 0.1) is 0 Å². The maximum Gasteiger partial charge on any atom is 0.262 e. The third-order valence-electron chi connectivity index (χ3n) is 4.77. The minimum Gasteiger partial charge on any atom is -0.336 e. The van der Waals surface area contributed by atoms with Gasteiger partial charge in [0.2, 0.25) is 11.8 Å². The number of fused-ring (bicyclic) bond motifs is 1. The van der Waals surface area contributed by atoms with Gasteiger partial charge < -0.3 is 9.80 Å². The Morgan fingerprint density at radius 2 is 1.62 bits per heavy atom. The van der Waals surface area contributed by atoms with Gasteiger partial charge in [-0.3, -0.25) is 24.1 Å². The molecule has 0 atom stereocenters. The van der Waals surface area contributed by atoms with Crippen LogP contribution in [0.3, 0.4) is 0 Å². The van der Waals surface area contributed by atoms with E-state index in [2.05, 4.69) is 0 Å². The number of piperazine rings is 1. The van der Waals surface area contributed by atoms with E-state index in [0.29, 0.717) is 30.3 Å². The summed E-state index contributed by atoms with van der Waals surface area (Å²) in [6.45, 7) is 0.684. The summed E-state index contributed by atoms with van der Waals surface area (Å²) >= 11 is 0. The molecule has 2 heterocycles. The zero-order chi connectivity index (χ0) is 16.8. The average molecular weight is 327 g/mol. The lowest BCUT2D eigenvalue weighted by Gasteiger charge is -2.35. The Morgan fingerprint density at radius 1 is 1.00 bits per heavy atom. The van der Waals surface area contributed by atoms with Crippen molar-refractivity contribution in [3.63, 3.8) is 0 Å². The number of amides is 4. The Morgan fingerprint density at radius 3 is 2.17 bits per heavy atom. The van der Waals surface area contributed by atoms with E-state index in [9.17, 15) is 19.2 Å². The highest BCUT2D eigenvalue weighted by Crippen LogP contribution is 2.28. The molecule has 7 nitrogen and oxygen atoms in total. The average Bonchev–Trinajstić information content (AvgIpc) is 3.39. The first kappa shape index (κ1) is 14.9. The summed E-state index contributed by atoms with van der Waals surface area (Å²) in [5, 5.41) is 0. The number of hydrogen-bond acceptors (Lipinski definition) is 4. The Balaban J connectivity index is 1.43.